The van der Waals surface area contributed by atoms with Crippen molar-refractivity contribution < 1.29 is 0 Å². The lowest BCUT2D eigenvalue weighted by Gasteiger charge is -2.14. The number of hydrogen-bond donors (Lipinski definition) is 1. The lowest BCUT2D eigenvalue weighted by molar-refractivity contribution is 0.731. The summed E-state index contributed by atoms with van der Waals surface area (Å²) in [6.07, 6.45) is 0. The molecule has 0 spiro atoms. The fraction of sp³-hybridized carbons (Fsp3) is 0.167. The molecule has 0 atom stereocenters. The molecule has 0 aliphatic carbocycles. The minimum absolute atomic E-state index is 0.420. The van der Waals surface area contributed by atoms with Crippen LogP contribution in [0.15, 0.2) is 47.5 Å². The van der Waals surface area contributed by atoms with Crippen LogP contribution in [-0.4, -0.2) is 27.5 Å². The molecule has 0 saturated carbocycles. The van der Waals surface area contributed by atoms with Crippen LogP contribution in [0, 0.1) is 0 Å². The predicted molar refractivity (Wildman–Crippen MR) is 99.9 cm³/mol. The fourth-order valence-electron chi connectivity index (χ4n) is 3.02. The molecule has 1 aliphatic heterocycles. The Bertz CT molecular complexity index is 977. The highest BCUT2D eigenvalue weighted by atomic mass is 35.5. The van der Waals surface area contributed by atoms with Gasteiger partial charge in [-0.05, 0) is 31.3 Å². The average Bonchev–Trinajstić information content (AvgIpc) is 2.92. The SMILES string of the molecule is CNCc1nnc2n1-c1ccc(Cl)cc1C(c1ccccc1Cl)=NC2. The minimum Gasteiger partial charge on any atom is -0.313 e. The summed E-state index contributed by atoms with van der Waals surface area (Å²) >= 11 is 12.7. The molecule has 3 aromatic rings. The van der Waals surface area contributed by atoms with Gasteiger partial charge >= 0.3 is 0 Å². The molecule has 1 N–H and O–H groups in total. The van der Waals surface area contributed by atoms with Gasteiger partial charge in [-0.25, -0.2) is 0 Å². The Kier molecular flexibility index (Phi) is 4.29. The summed E-state index contributed by atoms with van der Waals surface area (Å²) in [5, 5.41) is 13.0. The van der Waals surface area contributed by atoms with Crippen LogP contribution < -0.4 is 5.32 Å². The third-order valence-corrected chi connectivity index (χ3v) is 4.66. The molecule has 7 heteroatoms. The zero-order valence-electron chi connectivity index (χ0n) is 13.5. The van der Waals surface area contributed by atoms with Crippen LogP contribution in [0.1, 0.15) is 22.8 Å². The third kappa shape index (κ3) is 2.84. The van der Waals surface area contributed by atoms with Gasteiger partial charge in [0.2, 0.25) is 0 Å². The van der Waals surface area contributed by atoms with Crippen molar-refractivity contribution in [3.05, 3.63) is 75.3 Å². The number of aliphatic imine (C=N–C) groups is 1. The first-order valence-corrected chi connectivity index (χ1v) is 8.62. The number of nitrogens with one attached hydrogen (secondary N) is 1. The molecule has 0 saturated heterocycles. The minimum atomic E-state index is 0.420. The number of halogens is 2. The first-order chi connectivity index (χ1) is 12.2. The molecule has 0 bridgehead atoms. The first-order valence-electron chi connectivity index (χ1n) is 7.86. The average molecular weight is 372 g/mol. The van der Waals surface area contributed by atoms with E-state index in [1.165, 1.54) is 0 Å². The molecular formula is C18H15Cl2N5. The van der Waals surface area contributed by atoms with Crippen molar-refractivity contribution in [3.8, 4) is 5.69 Å². The molecule has 2 heterocycles. The second-order valence-corrected chi connectivity index (χ2v) is 6.55. The van der Waals surface area contributed by atoms with Crippen LogP contribution in [0.25, 0.3) is 5.69 Å². The second kappa shape index (κ2) is 6.59. The number of rotatable bonds is 3. The number of aromatic nitrogens is 3. The summed E-state index contributed by atoms with van der Waals surface area (Å²) in [7, 11) is 1.88. The smallest absolute Gasteiger partial charge is 0.159 e. The van der Waals surface area contributed by atoms with Gasteiger partial charge in [0.05, 0.1) is 17.9 Å². The molecule has 0 amide bonds. The normalized spacial score (nSPS) is 13.0. The molecule has 5 nitrogen and oxygen atoms in total. The highest BCUT2D eigenvalue weighted by Crippen LogP contribution is 2.30. The molecule has 0 unspecified atom stereocenters. The van der Waals surface area contributed by atoms with E-state index < -0.39 is 0 Å². The molecular weight excluding hydrogens is 357 g/mol. The zero-order chi connectivity index (χ0) is 17.4. The van der Waals surface area contributed by atoms with Gasteiger partial charge in [0.15, 0.2) is 11.6 Å². The Balaban J connectivity index is 1.98. The molecule has 25 heavy (non-hydrogen) atoms. The number of hydrogen-bond acceptors (Lipinski definition) is 4. The van der Waals surface area contributed by atoms with E-state index in [1.54, 1.807) is 0 Å². The molecule has 1 aliphatic rings. The summed E-state index contributed by atoms with van der Waals surface area (Å²) in [5.41, 5.74) is 3.55. The number of nitrogens with zero attached hydrogens (tertiary/aromatic N) is 4. The summed E-state index contributed by atoms with van der Waals surface area (Å²) in [5.74, 6) is 1.62. The Morgan fingerprint density at radius 3 is 2.72 bits per heavy atom. The third-order valence-electron chi connectivity index (χ3n) is 4.09. The molecule has 0 fully saturated rings. The summed E-state index contributed by atoms with van der Waals surface area (Å²) in [6, 6.07) is 13.4. The van der Waals surface area contributed by atoms with Crippen LogP contribution >= 0.6 is 23.2 Å². The van der Waals surface area contributed by atoms with Crippen molar-refractivity contribution >= 4 is 28.9 Å². The maximum absolute atomic E-state index is 6.42. The van der Waals surface area contributed by atoms with Gasteiger partial charge in [0.25, 0.3) is 0 Å². The maximum atomic E-state index is 6.42. The monoisotopic (exact) mass is 371 g/mol. The molecule has 2 aromatic carbocycles. The van der Waals surface area contributed by atoms with E-state index in [9.17, 15) is 0 Å². The van der Waals surface area contributed by atoms with Gasteiger partial charge in [-0.1, -0.05) is 41.4 Å². The lowest BCUT2D eigenvalue weighted by Crippen LogP contribution is -2.14. The summed E-state index contributed by atoms with van der Waals surface area (Å²) in [4.78, 5) is 4.78. The van der Waals surface area contributed by atoms with Crippen molar-refractivity contribution in [2.24, 2.45) is 4.99 Å². The van der Waals surface area contributed by atoms with Crippen molar-refractivity contribution in [1.82, 2.24) is 20.1 Å². The first kappa shape index (κ1) is 16.3. The Hall–Kier alpha value is -2.21. The van der Waals surface area contributed by atoms with Crippen LogP contribution in [0.3, 0.4) is 0 Å². The Morgan fingerprint density at radius 2 is 1.92 bits per heavy atom. The van der Waals surface area contributed by atoms with Crippen LogP contribution in [-0.2, 0) is 13.1 Å². The number of fused-ring (bicyclic) bond motifs is 3. The van der Waals surface area contributed by atoms with Crippen LogP contribution in [0.2, 0.25) is 10.0 Å². The fourth-order valence-corrected chi connectivity index (χ4v) is 3.42. The van der Waals surface area contributed by atoms with E-state index in [1.807, 2.05) is 54.1 Å². The molecule has 4 rings (SSSR count). The summed E-state index contributed by atoms with van der Waals surface area (Å²) < 4.78 is 2.04. The van der Waals surface area contributed by atoms with Gasteiger partial charge in [0, 0.05) is 21.2 Å². The van der Waals surface area contributed by atoms with E-state index in [4.69, 9.17) is 28.2 Å². The van der Waals surface area contributed by atoms with Gasteiger partial charge in [-0.2, -0.15) is 0 Å². The van der Waals surface area contributed by atoms with Gasteiger partial charge < -0.3 is 5.32 Å². The Labute approximate surface area is 155 Å². The second-order valence-electron chi connectivity index (χ2n) is 5.70. The van der Waals surface area contributed by atoms with Gasteiger partial charge in [-0.3, -0.25) is 9.56 Å². The van der Waals surface area contributed by atoms with Crippen molar-refractivity contribution in [3.63, 3.8) is 0 Å². The van der Waals surface area contributed by atoms with Crippen LogP contribution in [0.4, 0.5) is 0 Å². The van der Waals surface area contributed by atoms with Gasteiger partial charge in [-0.15, -0.1) is 10.2 Å². The van der Waals surface area contributed by atoms with E-state index in [0.717, 1.165) is 34.2 Å². The number of benzene rings is 2. The highest BCUT2D eigenvalue weighted by Gasteiger charge is 2.23. The molecule has 1 aromatic heterocycles. The van der Waals surface area contributed by atoms with Gasteiger partial charge in [0.1, 0.15) is 6.54 Å². The highest BCUT2D eigenvalue weighted by molar-refractivity contribution is 6.36. The van der Waals surface area contributed by atoms with E-state index in [-0.39, 0.29) is 0 Å². The molecule has 126 valence electrons. The maximum Gasteiger partial charge on any atom is 0.159 e. The quantitative estimate of drug-likeness (QED) is 0.764. The van der Waals surface area contributed by atoms with E-state index >= 15 is 0 Å². The standard InChI is InChI=1S/C18H15Cl2N5/c1-21-9-16-23-24-17-10-22-18(12-4-2-3-5-14(12)20)13-8-11(19)6-7-15(13)25(16)17/h2-8,21H,9-10H2,1H3. The topological polar surface area (TPSA) is 55.1 Å². The summed E-state index contributed by atoms with van der Waals surface area (Å²) in [6.45, 7) is 1.03. The van der Waals surface area contributed by atoms with E-state index in [0.29, 0.717) is 23.1 Å². The van der Waals surface area contributed by atoms with Crippen LogP contribution in [0.5, 0.6) is 0 Å². The van der Waals surface area contributed by atoms with Crippen molar-refractivity contribution in [2.75, 3.05) is 7.05 Å². The zero-order valence-corrected chi connectivity index (χ0v) is 15.0. The van der Waals surface area contributed by atoms with Crippen molar-refractivity contribution in [2.45, 2.75) is 13.1 Å². The predicted octanol–water partition coefficient (Wildman–Crippen LogP) is 3.64. The molecule has 0 radical (unpaired) electrons. The van der Waals surface area contributed by atoms with E-state index in [2.05, 4.69) is 15.5 Å². The Morgan fingerprint density at radius 1 is 1.08 bits per heavy atom. The lowest BCUT2D eigenvalue weighted by atomic mass is 10.0. The largest absolute Gasteiger partial charge is 0.313 e. The van der Waals surface area contributed by atoms with Crippen molar-refractivity contribution in [1.29, 1.82) is 0 Å².